The molecule has 3 nitrogen and oxygen atoms in total. The SMILES string of the molecule is O=C1CCC[C@@H]2O[C@@H]2C[C@@H]2COC[C@H]12. The summed E-state index contributed by atoms with van der Waals surface area (Å²) in [6.45, 7) is 1.42. The number of hydrogen-bond donors (Lipinski definition) is 0. The second-order valence-electron chi connectivity index (χ2n) is 4.71. The Kier molecular flexibility index (Phi) is 2.10. The van der Waals surface area contributed by atoms with E-state index in [4.69, 9.17) is 9.47 Å². The fourth-order valence-electron chi connectivity index (χ4n) is 2.79. The van der Waals surface area contributed by atoms with Gasteiger partial charge in [0.05, 0.1) is 25.4 Å². The van der Waals surface area contributed by atoms with Crippen LogP contribution in [0.1, 0.15) is 25.7 Å². The highest BCUT2D eigenvalue weighted by molar-refractivity contribution is 5.81. The third kappa shape index (κ3) is 1.48. The van der Waals surface area contributed by atoms with Crippen LogP contribution in [-0.4, -0.2) is 31.2 Å². The van der Waals surface area contributed by atoms with Gasteiger partial charge in [0, 0.05) is 12.3 Å². The van der Waals surface area contributed by atoms with Crippen molar-refractivity contribution in [3.05, 3.63) is 0 Å². The zero-order valence-corrected chi connectivity index (χ0v) is 8.28. The number of Topliss-reactive ketones (excluding diaryl/α,β-unsaturated/α-hetero) is 1. The van der Waals surface area contributed by atoms with Crippen LogP contribution in [0.3, 0.4) is 0 Å². The first kappa shape index (κ1) is 8.86. The van der Waals surface area contributed by atoms with Crippen LogP contribution in [0.4, 0.5) is 0 Å². The van der Waals surface area contributed by atoms with Crippen molar-refractivity contribution in [2.75, 3.05) is 13.2 Å². The van der Waals surface area contributed by atoms with E-state index in [2.05, 4.69) is 0 Å². The smallest absolute Gasteiger partial charge is 0.138 e. The van der Waals surface area contributed by atoms with Gasteiger partial charge in [-0.15, -0.1) is 0 Å². The van der Waals surface area contributed by atoms with Crippen molar-refractivity contribution in [3.8, 4) is 0 Å². The van der Waals surface area contributed by atoms with E-state index in [9.17, 15) is 4.79 Å². The summed E-state index contributed by atoms with van der Waals surface area (Å²) >= 11 is 0. The van der Waals surface area contributed by atoms with Gasteiger partial charge >= 0.3 is 0 Å². The molecule has 0 aromatic carbocycles. The van der Waals surface area contributed by atoms with E-state index in [0.717, 1.165) is 32.3 Å². The summed E-state index contributed by atoms with van der Waals surface area (Å²) in [6, 6.07) is 0. The van der Waals surface area contributed by atoms with Crippen molar-refractivity contribution in [1.82, 2.24) is 0 Å². The van der Waals surface area contributed by atoms with Gasteiger partial charge in [0.2, 0.25) is 0 Å². The second-order valence-corrected chi connectivity index (χ2v) is 4.71. The summed E-state index contributed by atoms with van der Waals surface area (Å²) in [5.74, 6) is 1.04. The number of hydrogen-bond acceptors (Lipinski definition) is 3. The molecule has 3 aliphatic rings. The highest BCUT2D eigenvalue weighted by atomic mass is 16.6. The molecule has 0 aromatic rings. The number of carbonyl (C=O) groups is 1. The molecule has 3 fully saturated rings. The van der Waals surface area contributed by atoms with Gasteiger partial charge in [-0.25, -0.2) is 0 Å². The molecule has 1 saturated carbocycles. The van der Waals surface area contributed by atoms with Crippen LogP contribution in [-0.2, 0) is 14.3 Å². The molecule has 4 atom stereocenters. The van der Waals surface area contributed by atoms with Crippen molar-refractivity contribution >= 4 is 5.78 Å². The largest absolute Gasteiger partial charge is 0.380 e. The molecular formula is C11H16O3. The van der Waals surface area contributed by atoms with Crippen molar-refractivity contribution in [3.63, 3.8) is 0 Å². The number of ether oxygens (including phenoxy) is 2. The van der Waals surface area contributed by atoms with Gasteiger partial charge in [-0.3, -0.25) is 4.79 Å². The fraction of sp³-hybridized carbons (Fsp3) is 0.909. The lowest BCUT2D eigenvalue weighted by Gasteiger charge is -2.14. The Morgan fingerprint density at radius 2 is 2.14 bits per heavy atom. The highest BCUT2D eigenvalue weighted by Crippen LogP contribution is 2.38. The molecule has 0 N–H and O–H groups in total. The van der Waals surface area contributed by atoms with E-state index in [1.165, 1.54) is 0 Å². The quantitative estimate of drug-likeness (QED) is 0.546. The third-order valence-corrected chi connectivity index (χ3v) is 3.75. The number of fused-ring (bicyclic) bond motifs is 2. The maximum Gasteiger partial charge on any atom is 0.138 e. The van der Waals surface area contributed by atoms with Crippen molar-refractivity contribution < 1.29 is 14.3 Å². The molecule has 0 amide bonds. The number of carbonyl (C=O) groups excluding carboxylic acids is 1. The van der Waals surface area contributed by atoms with Gasteiger partial charge in [0.15, 0.2) is 0 Å². The van der Waals surface area contributed by atoms with E-state index in [1.807, 2.05) is 0 Å². The fourth-order valence-corrected chi connectivity index (χ4v) is 2.79. The van der Waals surface area contributed by atoms with E-state index in [-0.39, 0.29) is 5.92 Å². The van der Waals surface area contributed by atoms with Crippen LogP contribution >= 0.6 is 0 Å². The van der Waals surface area contributed by atoms with Crippen molar-refractivity contribution in [1.29, 1.82) is 0 Å². The minimum atomic E-state index is 0.179. The minimum Gasteiger partial charge on any atom is -0.380 e. The third-order valence-electron chi connectivity index (χ3n) is 3.75. The highest BCUT2D eigenvalue weighted by Gasteiger charge is 2.45. The van der Waals surface area contributed by atoms with Crippen molar-refractivity contribution in [2.24, 2.45) is 11.8 Å². The Hall–Kier alpha value is -0.410. The molecule has 0 bridgehead atoms. The molecule has 2 heterocycles. The summed E-state index contributed by atoms with van der Waals surface area (Å²) in [6.07, 6.45) is 4.76. The van der Waals surface area contributed by atoms with E-state index in [0.29, 0.717) is 30.5 Å². The standard InChI is InChI=1S/C11H16O3/c12-9-2-1-3-10-11(14-10)4-7-5-13-6-8(7)9/h7-8,10-11H,1-6H2/t7-,8+,10+,11-/m1/s1. The summed E-state index contributed by atoms with van der Waals surface area (Å²) in [5, 5.41) is 0. The number of ketones is 1. The van der Waals surface area contributed by atoms with Crippen LogP contribution in [0.25, 0.3) is 0 Å². The Morgan fingerprint density at radius 3 is 3.07 bits per heavy atom. The monoisotopic (exact) mass is 196 g/mol. The lowest BCUT2D eigenvalue weighted by Crippen LogP contribution is -2.23. The van der Waals surface area contributed by atoms with Gasteiger partial charge < -0.3 is 9.47 Å². The van der Waals surface area contributed by atoms with Crippen LogP contribution in [0.15, 0.2) is 0 Å². The van der Waals surface area contributed by atoms with Gasteiger partial charge in [-0.2, -0.15) is 0 Å². The maximum absolute atomic E-state index is 11.8. The molecule has 14 heavy (non-hydrogen) atoms. The van der Waals surface area contributed by atoms with Crippen LogP contribution in [0.5, 0.6) is 0 Å². The molecule has 1 aliphatic carbocycles. The number of epoxide rings is 1. The summed E-state index contributed by atoms with van der Waals surface area (Å²) < 4.78 is 11.0. The molecule has 3 heteroatoms. The van der Waals surface area contributed by atoms with Gasteiger partial charge in [0.25, 0.3) is 0 Å². The first-order valence-electron chi connectivity index (χ1n) is 5.60. The lowest BCUT2D eigenvalue weighted by molar-refractivity contribution is -0.124. The average Bonchev–Trinajstić information content (AvgIpc) is 2.73. The second kappa shape index (κ2) is 3.31. The summed E-state index contributed by atoms with van der Waals surface area (Å²) in [5.41, 5.74) is 0. The van der Waals surface area contributed by atoms with Crippen LogP contribution < -0.4 is 0 Å². The molecule has 0 radical (unpaired) electrons. The molecule has 2 aliphatic heterocycles. The topological polar surface area (TPSA) is 38.8 Å². The molecule has 0 unspecified atom stereocenters. The number of rotatable bonds is 0. The predicted molar refractivity (Wildman–Crippen MR) is 49.9 cm³/mol. The molecular weight excluding hydrogens is 180 g/mol. The Bertz CT molecular complexity index is 251. The average molecular weight is 196 g/mol. The Balaban J connectivity index is 1.74. The first-order chi connectivity index (χ1) is 6.84. The van der Waals surface area contributed by atoms with Crippen molar-refractivity contribution in [2.45, 2.75) is 37.9 Å². The maximum atomic E-state index is 11.8. The van der Waals surface area contributed by atoms with E-state index in [1.54, 1.807) is 0 Å². The van der Waals surface area contributed by atoms with Gasteiger partial charge in [-0.05, 0) is 25.2 Å². The molecule has 0 spiro atoms. The first-order valence-corrected chi connectivity index (χ1v) is 5.60. The van der Waals surface area contributed by atoms with E-state index < -0.39 is 0 Å². The molecule has 3 rings (SSSR count). The Labute approximate surface area is 83.8 Å². The van der Waals surface area contributed by atoms with E-state index >= 15 is 0 Å². The summed E-state index contributed by atoms with van der Waals surface area (Å²) in [4.78, 5) is 11.8. The summed E-state index contributed by atoms with van der Waals surface area (Å²) in [7, 11) is 0. The zero-order valence-electron chi connectivity index (χ0n) is 8.28. The van der Waals surface area contributed by atoms with Crippen LogP contribution in [0.2, 0.25) is 0 Å². The lowest BCUT2D eigenvalue weighted by atomic mass is 9.87. The van der Waals surface area contributed by atoms with Gasteiger partial charge in [-0.1, -0.05) is 0 Å². The molecule has 2 saturated heterocycles. The molecule has 0 aromatic heterocycles. The predicted octanol–water partition coefficient (Wildman–Crippen LogP) is 1.16. The minimum absolute atomic E-state index is 0.179. The van der Waals surface area contributed by atoms with Gasteiger partial charge in [0.1, 0.15) is 5.78 Å². The normalized spacial score (nSPS) is 47.3. The molecule has 78 valence electrons. The van der Waals surface area contributed by atoms with Crippen LogP contribution in [0, 0.1) is 11.8 Å². The Morgan fingerprint density at radius 1 is 1.21 bits per heavy atom. The zero-order chi connectivity index (χ0) is 9.54.